The molecule has 0 aromatic heterocycles. The zero-order valence-corrected chi connectivity index (χ0v) is 4.88. The van der Waals surface area contributed by atoms with Gasteiger partial charge in [0, 0.05) is 7.11 Å². The predicted octanol–water partition coefficient (Wildman–Crippen LogP) is 1.81. The zero-order valence-electron chi connectivity index (χ0n) is 3.23. The lowest BCUT2D eigenvalue weighted by Crippen LogP contribution is -1.58. The molecule has 32 valence electrons. The van der Waals surface area contributed by atoms with Gasteiger partial charge in [-0.05, 0) is 6.66 Å². The molecule has 0 aliphatic carbocycles. The topological polar surface area (TPSA) is 9.23 Å². The highest BCUT2D eigenvalue weighted by molar-refractivity contribution is 7.79. The minimum atomic E-state index is -0.626. The number of hydrogen-bond acceptors (Lipinski definition) is 1. The van der Waals surface area contributed by atoms with Crippen LogP contribution in [0.15, 0.2) is 0 Å². The number of halogens is 1. The highest BCUT2D eigenvalue weighted by Gasteiger charge is 1.82. The average molecular weight is 112 g/mol. The summed E-state index contributed by atoms with van der Waals surface area (Å²) in [5.74, 6) is 0. The van der Waals surface area contributed by atoms with Gasteiger partial charge in [-0.1, -0.05) is 11.2 Å². The Morgan fingerprint density at radius 1 is 1.80 bits per heavy atom. The summed E-state index contributed by atoms with van der Waals surface area (Å²) in [7, 11) is 0.970. The van der Waals surface area contributed by atoms with Gasteiger partial charge in [0.05, 0.1) is 0 Å². The van der Waals surface area contributed by atoms with Crippen LogP contribution in [-0.2, 0) is 4.52 Å². The second kappa shape index (κ2) is 2.89. The Bertz CT molecular complexity index is 23.6. The van der Waals surface area contributed by atoms with E-state index in [2.05, 4.69) is 4.52 Å². The van der Waals surface area contributed by atoms with Crippen molar-refractivity contribution in [3.05, 3.63) is 0 Å². The van der Waals surface area contributed by atoms with Crippen LogP contribution in [0.1, 0.15) is 0 Å². The summed E-state index contributed by atoms with van der Waals surface area (Å²) >= 11 is 5.30. The molecule has 0 aliphatic rings. The molecule has 0 heterocycles. The minimum absolute atomic E-state index is 0.626. The molecule has 1 atom stereocenters. The van der Waals surface area contributed by atoms with Crippen LogP contribution in [0.3, 0.4) is 0 Å². The van der Waals surface area contributed by atoms with Crippen molar-refractivity contribution in [2.75, 3.05) is 13.8 Å². The van der Waals surface area contributed by atoms with Crippen molar-refractivity contribution < 1.29 is 4.52 Å². The van der Waals surface area contributed by atoms with Crippen LogP contribution in [-0.4, -0.2) is 13.8 Å². The summed E-state index contributed by atoms with van der Waals surface area (Å²) in [5, 5.41) is 0. The Hall–Kier alpha value is 0.680. The van der Waals surface area contributed by atoms with Gasteiger partial charge < -0.3 is 4.52 Å². The van der Waals surface area contributed by atoms with Crippen LogP contribution in [0.25, 0.3) is 0 Å². The minimum Gasteiger partial charge on any atom is -0.347 e. The van der Waals surface area contributed by atoms with E-state index in [4.69, 9.17) is 11.2 Å². The molecule has 0 aliphatic heterocycles. The van der Waals surface area contributed by atoms with E-state index in [0.717, 1.165) is 0 Å². The second-order valence-electron chi connectivity index (χ2n) is 0.603. The molecule has 0 spiro atoms. The third kappa shape index (κ3) is 4.68. The van der Waals surface area contributed by atoms with Crippen molar-refractivity contribution in [2.45, 2.75) is 0 Å². The molecule has 1 nitrogen and oxygen atoms in total. The second-order valence-corrected chi connectivity index (χ2v) is 3.24. The third-order valence-corrected chi connectivity index (χ3v) is 1.17. The largest absolute Gasteiger partial charge is 0.347 e. The smallest absolute Gasteiger partial charge is 0.120 e. The molecule has 0 radical (unpaired) electrons. The Labute approximate surface area is 37.9 Å². The zero-order chi connectivity index (χ0) is 4.28. The Balaban J connectivity index is 2.54. The summed E-state index contributed by atoms with van der Waals surface area (Å²) in [5.41, 5.74) is 0. The fraction of sp³-hybridized carbons (Fsp3) is 1.00. The first-order valence-electron chi connectivity index (χ1n) is 1.21. The molecule has 0 amide bonds. The van der Waals surface area contributed by atoms with Crippen LogP contribution < -0.4 is 0 Å². The van der Waals surface area contributed by atoms with Gasteiger partial charge in [0.15, 0.2) is 0 Å². The molecular formula is C2H6ClOP. The lowest BCUT2D eigenvalue weighted by atomic mass is 11.8. The fourth-order valence-corrected chi connectivity index (χ4v) is 0. The Morgan fingerprint density at radius 2 is 2.00 bits per heavy atom. The fourth-order valence-electron chi connectivity index (χ4n) is 0. The first-order valence-corrected chi connectivity index (χ1v) is 3.82. The first-order chi connectivity index (χ1) is 2.27. The summed E-state index contributed by atoms with van der Waals surface area (Å²) < 4.78 is 4.58. The first kappa shape index (κ1) is 5.68. The van der Waals surface area contributed by atoms with Gasteiger partial charge in [0.25, 0.3) is 0 Å². The molecule has 0 saturated carbocycles. The Kier molecular flexibility index (Phi) is 3.29. The molecule has 5 heavy (non-hydrogen) atoms. The van der Waals surface area contributed by atoms with E-state index in [1.165, 1.54) is 0 Å². The van der Waals surface area contributed by atoms with Gasteiger partial charge in [-0.25, -0.2) is 0 Å². The summed E-state index contributed by atoms with van der Waals surface area (Å²) in [6, 6.07) is 0. The highest BCUT2D eigenvalue weighted by atomic mass is 35.7. The number of rotatable bonds is 1. The van der Waals surface area contributed by atoms with Crippen LogP contribution in [0.2, 0.25) is 0 Å². The summed E-state index contributed by atoms with van der Waals surface area (Å²) in [6.07, 6.45) is 0. The third-order valence-electron chi connectivity index (χ3n) is 0.252. The van der Waals surface area contributed by atoms with Crippen molar-refractivity contribution in [1.82, 2.24) is 0 Å². The predicted molar refractivity (Wildman–Crippen MR) is 25.7 cm³/mol. The van der Waals surface area contributed by atoms with Crippen LogP contribution >= 0.6 is 18.7 Å². The van der Waals surface area contributed by atoms with Gasteiger partial charge in [-0.15, -0.1) is 0 Å². The lowest BCUT2D eigenvalue weighted by molar-refractivity contribution is 0.475. The van der Waals surface area contributed by atoms with E-state index in [9.17, 15) is 0 Å². The van der Waals surface area contributed by atoms with E-state index in [1.807, 2.05) is 6.66 Å². The molecule has 0 N–H and O–H groups in total. The van der Waals surface area contributed by atoms with Crippen molar-refractivity contribution in [2.24, 2.45) is 0 Å². The van der Waals surface area contributed by atoms with E-state index >= 15 is 0 Å². The quantitative estimate of drug-likeness (QED) is 0.470. The van der Waals surface area contributed by atoms with E-state index < -0.39 is 7.50 Å². The maximum Gasteiger partial charge on any atom is 0.120 e. The number of hydrogen-bond donors (Lipinski definition) is 0. The van der Waals surface area contributed by atoms with E-state index in [-0.39, 0.29) is 0 Å². The molecule has 0 bridgehead atoms. The SMILES string of the molecule is COP(C)Cl. The summed E-state index contributed by atoms with van der Waals surface area (Å²) in [6.45, 7) is 1.83. The molecule has 0 aromatic carbocycles. The van der Waals surface area contributed by atoms with Gasteiger partial charge in [0.1, 0.15) is 7.50 Å². The molecule has 3 heteroatoms. The highest BCUT2D eigenvalue weighted by Crippen LogP contribution is 2.35. The van der Waals surface area contributed by atoms with Crippen molar-refractivity contribution >= 4 is 18.7 Å². The van der Waals surface area contributed by atoms with Gasteiger partial charge in [-0.3, -0.25) is 0 Å². The molecule has 0 fully saturated rings. The maximum absolute atomic E-state index is 5.30. The molecule has 0 saturated heterocycles. The van der Waals surface area contributed by atoms with E-state index in [0.29, 0.717) is 0 Å². The van der Waals surface area contributed by atoms with Crippen molar-refractivity contribution in [1.29, 1.82) is 0 Å². The van der Waals surface area contributed by atoms with Crippen molar-refractivity contribution in [3.8, 4) is 0 Å². The van der Waals surface area contributed by atoms with Crippen molar-refractivity contribution in [3.63, 3.8) is 0 Å². The van der Waals surface area contributed by atoms with Crippen LogP contribution in [0, 0.1) is 0 Å². The molecule has 1 unspecified atom stereocenters. The van der Waals surface area contributed by atoms with Gasteiger partial charge >= 0.3 is 0 Å². The normalized spacial score (nSPS) is 15.0. The molecule has 0 rings (SSSR count). The van der Waals surface area contributed by atoms with E-state index in [1.54, 1.807) is 7.11 Å². The lowest BCUT2D eigenvalue weighted by Gasteiger charge is -1.90. The van der Waals surface area contributed by atoms with Crippen LogP contribution in [0.5, 0.6) is 0 Å². The summed E-state index contributed by atoms with van der Waals surface area (Å²) in [4.78, 5) is 0. The van der Waals surface area contributed by atoms with Crippen LogP contribution in [0.4, 0.5) is 0 Å². The molecule has 0 aromatic rings. The average Bonchev–Trinajstić information content (AvgIpc) is 1.38. The van der Waals surface area contributed by atoms with Gasteiger partial charge in [0.2, 0.25) is 0 Å². The van der Waals surface area contributed by atoms with Gasteiger partial charge in [-0.2, -0.15) is 0 Å². The monoisotopic (exact) mass is 112 g/mol. The maximum atomic E-state index is 5.30. The standard InChI is InChI=1S/C2H6ClOP/c1-4-5(2)3/h1-2H3. The molecular weight excluding hydrogens is 106 g/mol. The Morgan fingerprint density at radius 3 is 2.00 bits per heavy atom.